The van der Waals surface area contributed by atoms with Gasteiger partial charge in [0.1, 0.15) is 6.29 Å². The lowest BCUT2D eigenvalue weighted by atomic mass is 9.96. The molecule has 0 saturated carbocycles. The molecular formula is C9H16N2O. The fraction of sp³-hybridized carbons (Fsp3) is 0.889. The van der Waals surface area contributed by atoms with Gasteiger partial charge in [0.25, 0.3) is 0 Å². The van der Waals surface area contributed by atoms with Gasteiger partial charge < -0.3 is 4.79 Å². The van der Waals surface area contributed by atoms with Gasteiger partial charge in [0, 0.05) is 0 Å². The van der Waals surface area contributed by atoms with Gasteiger partial charge >= 0.3 is 0 Å². The van der Waals surface area contributed by atoms with E-state index in [1.807, 2.05) is 0 Å². The molecule has 0 amide bonds. The molecule has 2 heterocycles. The number of piperidine rings is 1. The van der Waals surface area contributed by atoms with Gasteiger partial charge in [-0.1, -0.05) is 0 Å². The molecule has 1 unspecified atom stereocenters. The predicted octanol–water partition coefficient (Wildman–Crippen LogP) is 0.407. The molecule has 2 rings (SSSR count). The Kier molecular flexibility index (Phi) is 2.15. The highest BCUT2D eigenvalue weighted by atomic mass is 16.1. The van der Waals surface area contributed by atoms with E-state index in [0.717, 1.165) is 25.7 Å². The van der Waals surface area contributed by atoms with Crippen molar-refractivity contribution in [3.05, 3.63) is 0 Å². The molecule has 2 aliphatic heterocycles. The van der Waals surface area contributed by atoms with E-state index in [1.165, 1.54) is 19.3 Å². The smallest absolute Gasteiger partial charge is 0.136 e. The molecule has 68 valence electrons. The van der Waals surface area contributed by atoms with Crippen LogP contribution in [0.25, 0.3) is 0 Å². The van der Waals surface area contributed by atoms with Crippen molar-refractivity contribution in [1.82, 2.24) is 10.6 Å². The fourth-order valence-electron chi connectivity index (χ4n) is 2.31. The molecule has 0 aliphatic carbocycles. The van der Waals surface area contributed by atoms with Crippen molar-refractivity contribution in [2.45, 2.75) is 43.8 Å². The van der Waals surface area contributed by atoms with Gasteiger partial charge in [-0.3, -0.25) is 10.6 Å². The van der Waals surface area contributed by atoms with Gasteiger partial charge in [-0.25, -0.2) is 0 Å². The van der Waals surface area contributed by atoms with Crippen LogP contribution in [0.15, 0.2) is 0 Å². The second kappa shape index (κ2) is 3.15. The molecule has 0 aromatic carbocycles. The van der Waals surface area contributed by atoms with Gasteiger partial charge in [-0.2, -0.15) is 0 Å². The molecule has 12 heavy (non-hydrogen) atoms. The van der Waals surface area contributed by atoms with Crippen molar-refractivity contribution in [2.75, 3.05) is 6.54 Å². The SMILES string of the molecule is O=CC1CC[C@]2(CCCCN2)N1. The van der Waals surface area contributed by atoms with Crippen molar-refractivity contribution < 1.29 is 4.79 Å². The summed E-state index contributed by atoms with van der Waals surface area (Å²) in [6, 6.07) is 0.0931. The highest BCUT2D eigenvalue weighted by Gasteiger charge is 2.38. The average molecular weight is 168 g/mol. The molecule has 3 heteroatoms. The van der Waals surface area contributed by atoms with Crippen molar-refractivity contribution in [3.8, 4) is 0 Å². The number of hydrogen-bond acceptors (Lipinski definition) is 3. The number of nitrogens with one attached hydrogen (secondary N) is 2. The van der Waals surface area contributed by atoms with E-state index in [9.17, 15) is 4.79 Å². The zero-order chi connectivity index (χ0) is 8.44. The van der Waals surface area contributed by atoms with Gasteiger partial charge in [0.05, 0.1) is 11.7 Å². The molecule has 1 spiro atoms. The minimum Gasteiger partial charge on any atom is -0.302 e. The molecule has 0 bridgehead atoms. The lowest BCUT2D eigenvalue weighted by Gasteiger charge is -2.35. The summed E-state index contributed by atoms with van der Waals surface area (Å²) in [6.45, 7) is 1.10. The van der Waals surface area contributed by atoms with E-state index in [2.05, 4.69) is 10.6 Å². The van der Waals surface area contributed by atoms with Crippen LogP contribution in [0.5, 0.6) is 0 Å². The first kappa shape index (κ1) is 8.20. The molecule has 3 nitrogen and oxygen atoms in total. The maximum atomic E-state index is 10.5. The molecule has 2 aliphatic rings. The Morgan fingerprint density at radius 1 is 1.33 bits per heavy atom. The van der Waals surface area contributed by atoms with Crippen LogP contribution in [0, 0.1) is 0 Å². The third-order valence-corrected chi connectivity index (χ3v) is 3.00. The number of rotatable bonds is 1. The molecule has 0 aromatic heterocycles. The molecule has 2 N–H and O–H groups in total. The molecule has 2 saturated heterocycles. The Balaban J connectivity index is 1.98. The van der Waals surface area contributed by atoms with Crippen molar-refractivity contribution >= 4 is 6.29 Å². The summed E-state index contributed by atoms with van der Waals surface area (Å²) >= 11 is 0. The highest BCUT2D eigenvalue weighted by molar-refractivity contribution is 5.58. The van der Waals surface area contributed by atoms with E-state index >= 15 is 0 Å². The topological polar surface area (TPSA) is 41.1 Å². The van der Waals surface area contributed by atoms with E-state index in [0.29, 0.717) is 0 Å². The van der Waals surface area contributed by atoms with Crippen LogP contribution >= 0.6 is 0 Å². The summed E-state index contributed by atoms with van der Waals surface area (Å²) in [5.74, 6) is 0. The predicted molar refractivity (Wildman–Crippen MR) is 46.8 cm³/mol. The third-order valence-electron chi connectivity index (χ3n) is 3.00. The third kappa shape index (κ3) is 1.39. The van der Waals surface area contributed by atoms with Crippen LogP contribution in [0.4, 0.5) is 0 Å². The lowest BCUT2D eigenvalue weighted by Crippen LogP contribution is -2.57. The first-order valence-corrected chi connectivity index (χ1v) is 4.83. The summed E-state index contributed by atoms with van der Waals surface area (Å²) in [5, 5.41) is 6.87. The number of carbonyl (C=O) groups is 1. The standard InChI is InChI=1S/C9H16N2O/c12-7-8-3-5-9(11-8)4-1-2-6-10-9/h7-8,10-11H,1-6H2/t8?,9-/m0/s1. The average Bonchev–Trinajstić information content (AvgIpc) is 2.50. The van der Waals surface area contributed by atoms with Gasteiger partial charge in [-0.05, 0) is 38.6 Å². The zero-order valence-electron chi connectivity index (χ0n) is 7.31. The number of carbonyl (C=O) groups excluding carboxylic acids is 1. The summed E-state index contributed by atoms with van der Waals surface area (Å²) < 4.78 is 0. The molecule has 2 atom stereocenters. The van der Waals surface area contributed by atoms with E-state index in [4.69, 9.17) is 0 Å². The van der Waals surface area contributed by atoms with E-state index in [-0.39, 0.29) is 11.7 Å². The van der Waals surface area contributed by atoms with Crippen LogP contribution in [0.2, 0.25) is 0 Å². The van der Waals surface area contributed by atoms with Gasteiger partial charge in [0.15, 0.2) is 0 Å². The minimum absolute atomic E-state index is 0.0931. The summed E-state index contributed by atoms with van der Waals surface area (Å²) in [7, 11) is 0. The second-order valence-electron chi connectivity index (χ2n) is 3.89. The Morgan fingerprint density at radius 2 is 2.25 bits per heavy atom. The Labute approximate surface area is 72.9 Å². The second-order valence-corrected chi connectivity index (χ2v) is 3.89. The molecule has 0 radical (unpaired) electrons. The van der Waals surface area contributed by atoms with Gasteiger partial charge in [-0.15, -0.1) is 0 Å². The molecular weight excluding hydrogens is 152 g/mol. The Hall–Kier alpha value is -0.410. The van der Waals surface area contributed by atoms with Crippen molar-refractivity contribution in [1.29, 1.82) is 0 Å². The lowest BCUT2D eigenvalue weighted by molar-refractivity contribution is -0.109. The Morgan fingerprint density at radius 3 is 2.83 bits per heavy atom. The van der Waals surface area contributed by atoms with Crippen LogP contribution in [-0.2, 0) is 4.79 Å². The van der Waals surface area contributed by atoms with E-state index < -0.39 is 0 Å². The van der Waals surface area contributed by atoms with Crippen LogP contribution in [-0.4, -0.2) is 24.5 Å². The maximum Gasteiger partial charge on any atom is 0.136 e. The largest absolute Gasteiger partial charge is 0.302 e. The monoisotopic (exact) mass is 168 g/mol. The minimum atomic E-state index is 0.0931. The number of hydrogen-bond donors (Lipinski definition) is 2. The molecule has 2 fully saturated rings. The summed E-state index contributed by atoms with van der Waals surface area (Å²) in [4.78, 5) is 10.5. The van der Waals surface area contributed by atoms with E-state index in [1.54, 1.807) is 0 Å². The number of aldehydes is 1. The van der Waals surface area contributed by atoms with Crippen molar-refractivity contribution in [2.24, 2.45) is 0 Å². The van der Waals surface area contributed by atoms with Gasteiger partial charge in [0.2, 0.25) is 0 Å². The maximum absolute atomic E-state index is 10.5. The highest BCUT2D eigenvalue weighted by Crippen LogP contribution is 2.27. The zero-order valence-corrected chi connectivity index (χ0v) is 7.31. The normalized spacial score (nSPS) is 41.8. The first-order chi connectivity index (χ1) is 5.85. The van der Waals surface area contributed by atoms with Crippen LogP contribution in [0.1, 0.15) is 32.1 Å². The van der Waals surface area contributed by atoms with Crippen molar-refractivity contribution in [3.63, 3.8) is 0 Å². The Bertz CT molecular complexity index is 175. The quantitative estimate of drug-likeness (QED) is 0.557. The van der Waals surface area contributed by atoms with Crippen LogP contribution < -0.4 is 10.6 Å². The first-order valence-electron chi connectivity index (χ1n) is 4.83. The molecule has 0 aromatic rings. The summed E-state index contributed by atoms with van der Waals surface area (Å²) in [5.41, 5.74) is 0.115. The van der Waals surface area contributed by atoms with Crippen LogP contribution in [0.3, 0.4) is 0 Å². The fourth-order valence-corrected chi connectivity index (χ4v) is 2.31. The summed E-state index contributed by atoms with van der Waals surface area (Å²) in [6.07, 6.45) is 6.87.